The highest BCUT2D eigenvalue weighted by Crippen LogP contribution is 2.26. The van der Waals surface area contributed by atoms with E-state index in [1.165, 1.54) is 11.3 Å². The topological polar surface area (TPSA) is 63.2 Å². The zero-order valence-electron chi connectivity index (χ0n) is 12.2. The van der Waals surface area contributed by atoms with Gasteiger partial charge in [0.25, 0.3) is 5.91 Å². The summed E-state index contributed by atoms with van der Waals surface area (Å²) >= 11 is 1.39. The first-order chi connectivity index (χ1) is 10.2. The highest BCUT2D eigenvalue weighted by Gasteiger charge is 2.11. The fraction of sp³-hybridized carbons (Fsp3) is 0.333. The van der Waals surface area contributed by atoms with Gasteiger partial charge in [0.1, 0.15) is 15.6 Å². The van der Waals surface area contributed by atoms with Crippen LogP contribution in [0.1, 0.15) is 16.6 Å². The van der Waals surface area contributed by atoms with Crippen molar-refractivity contribution < 1.29 is 9.53 Å². The first-order valence-corrected chi connectivity index (χ1v) is 7.65. The molecule has 0 unspecified atom stereocenters. The Morgan fingerprint density at radius 2 is 2.05 bits per heavy atom. The lowest BCUT2D eigenvalue weighted by atomic mass is 10.2. The van der Waals surface area contributed by atoms with Crippen LogP contribution in [0, 0.1) is 0 Å². The fourth-order valence-electron chi connectivity index (χ4n) is 1.77. The predicted molar refractivity (Wildman–Crippen MR) is 85.0 cm³/mol. The van der Waals surface area contributed by atoms with Crippen molar-refractivity contribution in [3.05, 3.63) is 35.3 Å². The number of aromatic nitrogens is 1. The van der Waals surface area contributed by atoms with Gasteiger partial charge in [-0.15, -0.1) is 11.3 Å². The van der Waals surface area contributed by atoms with Gasteiger partial charge in [-0.1, -0.05) is 6.92 Å². The Morgan fingerprint density at radius 1 is 1.29 bits per heavy atom. The molecule has 0 saturated carbocycles. The zero-order valence-corrected chi connectivity index (χ0v) is 13.0. The van der Waals surface area contributed by atoms with Crippen molar-refractivity contribution in [2.75, 3.05) is 26.7 Å². The first-order valence-electron chi connectivity index (χ1n) is 6.83. The summed E-state index contributed by atoms with van der Waals surface area (Å²) in [7, 11) is 1.63. The number of carbonyl (C=O) groups excluding carboxylic acids is 1. The number of benzene rings is 1. The lowest BCUT2D eigenvalue weighted by molar-refractivity contribution is 0.0958. The molecule has 0 saturated heterocycles. The summed E-state index contributed by atoms with van der Waals surface area (Å²) < 4.78 is 5.13. The summed E-state index contributed by atoms with van der Waals surface area (Å²) in [6.45, 7) is 4.32. The molecule has 2 rings (SSSR count). The molecule has 1 aromatic carbocycles. The van der Waals surface area contributed by atoms with Crippen LogP contribution >= 0.6 is 11.3 Å². The molecule has 112 valence electrons. The lowest BCUT2D eigenvalue weighted by Crippen LogP contribution is -2.31. The maximum absolute atomic E-state index is 12.0. The van der Waals surface area contributed by atoms with Crippen molar-refractivity contribution in [1.82, 2.24) is 15.6 Å². The molecular weight excluding hydrogens is 286 g/mol. The largest absolute Gasteiger partial charge is 0.497 e. The van der Waals surface area contributed by atoms with Gasteiger partial charge in [-0.3, -0.25) is 4.79 Å². The van der Waals surface area contributed by atoms with Crippen LogP contribution in [0.2, 0.25) is 0 Å². The van der Waals surface area contributed by atoms with Gasteiger partial charge in [0, 0.05) is 18.7 Å². The molecule has 21 heavy (non-hydrogen) atoms. The Labute approximate surface area is 128 Å². The van der Waals surface area contributed by atoms with Gasteiger partial charge >= 0.3 is 0 Å². The third-order valence-electron chi connectivity index (χ3n) is 2.90. The Hall–Kier alpha value is -1.92. The van der Waals surface area contributed by atoms with E-state index in [0.29, 0.717) is 11.4 Å². The van der Waals surface area contributed by atoms with Crippen molar-refractivity contribution in [1.29, 1.82) is 0 Å². The van der Waals surface area contributed by atoms with Gasteiger partial charge < -0.3 is 15.4 Å². The predicted octanol–water partition coefficient (Wildman–Crippen LogP) is 2.16. The maximum atomic E-state index is 12.0. The molecule has 1 heterocycles. The molecule has 0 aliphatic carbocycles. The first kappa shape index (κ1) is 15.5. The Morgan fingerprint density at radius 3 is 2.71 bits per heavy atom. The number of thiazole rings is 1. The number of methoxy groups -OCH3 is 1. The molecule has 1 amide bonds. The number of nitrogens with one attached hydrogen (secondary N) is 2. The van der Waals surface area contributed by atoms with E-state index in [-0.39, 0.29) is 5.91 Å². The quantitative estimate of drug-likeness (QED) is 0.770. The average Bonchev–Trinajstić information content (AvgIpc) is 3.01. The number of amides is 1. The minimum atomic E-state index is -0.0786. The van der Waals surface area contributed by atoms with E-state index in [1.807, 2.05) is 31.2 Å². The molecule has 0 aliphatic heterocycles. The summed E-state index contributed by atoms with van der Waals surface area (Å²) in [6.07, 6.45) is 1.62. The van der Waals surface area contributed by atoms with Gasteiger partial charge in [0.2, 0.25) is 0 Å². The molecule has 5 nitrogen and oxygen atoms in total. The fourth-order valence-corrected chi connectivity index (χ4v) is 2.61. The summed E-state index contributed by atoms with van der Waals surface area (Å²) in [6, 6.07) is 7.63. The minimum Gasteiger partial charge on any atom is -0.497 e. The van der Waals surface area contributed by atoms with Crippen LogP contribution in [0.4, 0.5) is 0 Å². The van der Waals surface area contributed by atoms with Crippen molar-refractivity contribution >= 4 is 17.2 Å². The number of rotatable bonds is 7. The smallest absolute Gasteiger partial charge is 0.263 e. The molecular formula is C15H19N3O2S. The van der Waals surface area contributed by atoms with Crippen molar-refractivity contribution in [3.63, 3.8) is 0 Å². The van der Waals surface area contributed by atoms with E-state index in [1.54, 1.807) is 13.3 Å². The molecule has 0 aliphatic rings. The number of ether oxygens (including phenoxy) is 1. The molecule has 0 fully saturated rings. The van der Waals surface area contributed by atoms with Crippen molar-refractivity contribution in [2.24, 2.45) is 0 Å². The number of likely N-dealkylation sites (N-methyl/N-ethyl adjacent to an activating group) is 1. The summed E-state index contributed by atoms with van der Waals surface area (Å²) in [5.74, 6) is 0.724. The number of hydrogen-bond acceptors (Lipinski definition) is 5. The number of nitrogens with zero attached hydrogens (tertiary/aromatic N) is 1. The standard InChI is InChI=1S/C15H19N3O2S/c1-3-16-8-9-17-14(19)13-10-18-15(21-13)11-4-6-12(20-2)7-5-11/h4-7,10,16H,3,8-9H2,1-2H3,(H,17,19). The van der Waals surface area contributed by atoms with Crippen LogP contribution < -0.4 is 15.4 Å². The summed E-state index contributed by atoms with van der Waals surface area (Å²) in [5, 5.41) is 6.85. The SMILES string of the molecule is CCNCCNC(=O)c1cnc(-c2ccc(OC)cc2)s1. The van der Waals surface area contributed by atoms with Gasteiger partial charge in [0.05, 0.1) is 13.3 Å². The highest BCUT2D eigenvalue weighted by atomic mass is 32.1. The number of carbonyl (C=O) groups is 1. The van der Waals surface area contributed by atoms with Crippen LogP contribution in [0.25, 0.3) is 10.6 Å². The van der Waals surface area contributed by atoms with Gasteiger partial charge in [0.15, 0.2) is 0 Å². The molecule has 0 atom stereocenters. The summed E-state index contributed by atoms with van der Waals surface area (Å²) in [4.78, 5) is 16.9. The average molecular weight is 305 g/mol. The Kier molecular flexibility index (Phi) is 5.71. The molecule has 0 radical (unpaired) electrons. The molecule has 0 bridgehead atoms. The molecule has 2 aromatic rings. The van der Waals surface area contributed by atoms with Crippen LogP contribution in [0.5, 0.6) is 5.75 Å². The van der Waals surface area contributed by atoms with E-state index in [0.717, 1.165) is 29.4 Å². The minimum absolute atomic E-state index is 0.0786. The Bertz CT molecular complexity index is 581. The van der Waals surface area contributed by atoms with Crippen LogP contribution in [-0.4, -0.2) is 37.6 Å². The monoisotopic (exact) mass is 305 g/mol. The second-order valence-electron chi connectivity index (χ2n) is 4.37. The van der Waals surface area contributed by atoms with Crippen LogP contribution in [0.15, 0.2) is 30.5 Å². The third-order valence-corrected chi connectivity index (χ3v) is 3.95. The molecule has 1 aromatic heterocycles. The normalized spacial score (nSPS) is 10.4. The number of hydrogen-bond donors (Lipinski definition) is 2. The highest BCUT2D eigenvalue weighted by molar-refractivity contribution is 7.16. The van der Waals surface area contributed by atoms with Gasteiger partial charge in [-0.25, -0.2) is 4.98 Å². The van der Waals surface area contributed by atoms with Crippen LogP contribution in [0.3, 0.4) is 0 Å². The van der Waals surface area contributed by atoms with E-state index in [9.17, 15) is 4.79 Å². The molecule has 6 heteroatoms. The Balaban J connectivity index is 1.98. The molecule has 2 N–H and O–H groups in total. The molecule has 0 spiro atoms. The second kappa shape index (κ2) is 7.75. The van der Waals surface area contributed by atoms with Crippen molar-refractivity contribution in [2.45, 2.75) is 6.92 Å². The van der Waals surface area contributed by atoms with E-state index >= 15 is 0 Å². The van der Waals surface area contributed by atoms with Gasteiger partial charge in [-0.05, 0) is 30.8 Å². The van der Waals surface area contributed by atoms with Crippen LogP contribution in [-0.2, 0) is 0 Å². The van der Waals surface area contributed by atoms with E-state index < -0.39 is 0 Å². The van der Waals surface area contributed by atoms with E-state index in [4.69, 9.17) is 4.74 Å². The zero-order chi connectivity index (χ0) is 15.1. The van der Waals surface area contributed by atoms with E-state index in [2.05, 4.69) is 15.6 Å². The maximum Gasteiger partial charge on any atom is 0.263 e. The van der Waals surface area contributed by atoms with Crippen molar-refractivity contribution in [3.8, 4) is 16.3 Å². The third kappa shape index (κ3) is 4.27. The lowest BCUT2D eigenvalue weighted by Gasteiger charge is -2.03. The van der Waals surface area contributed by atoms with Gasteiger partial charge in [-0.2, -0.15) is 0 Å². The second-order valence-corrected chi connectivity index (χ2v) is 5.40. The summed E-state index contributed by atoms with van der Waals surface area (Å²) in [5.41, 5.74) is 0.979.